The molecule has 9 nitrogen and oxygen atoms in total. The number of ether oxygens (including phenoxy) is 1. The van der Waals surface area contributed by atoms with Gasteiger partial charge in [0.05, 0.1) is 29.2 Å². The van der Waals surface area contributed by atoms with Gasteiger partial charge in [-0.3, -0.25) is 14.3 Å². The van der Waals surface area contributed by atoms with Gasteiger partial charge in [-0.05, 0) is 51.7 Å². The minimum Gasteiger partial charge on any atom is -0.462 e. The molecule has 1 amide bonds. The molecule has 0 saturated carbocycles. The number of sulfonamides is 1. The second-order valence-corrected chi connectivity index (χ2v) is 10.7. The summed E-state index contributed by atoms with van der Waals surface area (Å²) in [5.41, 5.74) is 2.07. The second kappa shape index (κ2) is 12.6. The van der Waals surface area contributed by atoms with Gasteiger partial charge in [-0.1, -0.05) is 42.5 Å². The number of hydrogen-bond donors (Lipinski definition) is 1. The van der Waals surface area contributed by atoms with Crippen LogP contribution >= 0.6 is 0 Å². The van der Waals surface area contributed by atoms with Gasteiger partial charge in [-0.15, -0.1) is 0 Å². The summed E-state index contributed by atoms with van der Waals surface area (Å²) >= 11 is 0. The van der Waals surface area contributed by atoms with E-state index >= 15 is 0 Å². The Bertz CT molecular complexity index is 1270. The SMILES string of the molecule is CCOC(=O)c1cc(C(C)=O)c(N2CCC(C(=O)NS(=O)(=O)CC=CCc3ccccc3)CC2)nc1C. The van der Waals surface area contributed by atoms with Crippen LogP contribution in [-0.2, 0) is 26.0 Å². The van der Waals surface area contributed by atoms with Gasteiger partial charge in [0.15, 0.2) is 5.78 Å². The Morgan fingerprint density at radius 1 is 1.11 bits per heavy atom. The number of esters is 1. The van der Waals surface area contributed by atoms with Gasteiger partial charge >= 0.3 is 5.97 Å². The molecule has 0 unspecified atom stereocenters. The molecule has 0 spiro atoms. The Hall–Kier alpha value is -3.53. The Morgan fingerprint density at radius 2 is 1.78 bits per heavy atom. The van der Waals surface area contributed by atoms with Crippen molar-refractivity contribution >= 4 is 33.5 Å². The minimum atomic E-state index is -3.79. The van der Waals surface area contributed by atoms with Crippen LogP contribution in [0.3, 0.4) is 0 Å². The molecule has 1 saturated heterocycles. The van der Waals surface area contributed by atoms with Crippen molar-refractivity contribution in [2.45, 2.75) is 40.0 Å². The van der Waals surface area contributed by atoms with Crippen LogP contribution in [0.5, 0.6) is 0 Å². The highest BCUT2D eigenvalue weighted by Crippen LogP contribution is 2.27. The number of carbonyl (C=O) groups is 3. The first-order valence-electron chi connectivity index (χ1n) is 12.3. The smallest absolute Gasteiger partial charge is 0.339 e. The average molecular weight is 528 g/mol. The lowest BCUT2D eigenvalue weighted by molar-refractivity contribution is -0.123. The zero-order valence-electron chi connectivity index (χ0n) is 21.4. The number of anilines is 1. The fraction of sp³-hybridized carbons (Fsp3) is 0.407. The molecule has 2 aromatic rings. The number of carbonyl (C=O) groups excluding carboxylic acids is 3. The normalized spacial score (nSPS) is 14.5. The molecule has 1 aromatic heterocycles. The van der Waals surface area contributed by atoms with Crippen LogP contribution in [0.15, 0.2) is 48.6 Å². The lowest BCUT2D eigenvalue weighted by Gasteiger charge is -2.33. The topological polar surface area (TPSA) is 123 Å². The number of pyridine rings is 1. The number of ketones is 1. The van der Waals surface area contributed by atoms with Crippen molar-refractivity contribution < 1.29 is 27.5 Å². The van der Waals surface area contributed by atoms with Crippen molar-refractivity contribution in [1.82, 2.24) is 9.71 Å². The van der Waals surface area contributed by atoms with Crippen molar-refractivity contribution in [3.63, 3.8) is 0 Å². The number of aromatic nitrogens is 1. The highest BCUT2D eigenvalue weighted by molar-refractivity contribution is 7.90. The molecule has 1 aliphatic heterocycles. The summed E-state index contributed by atoms with van der Waals surface area (Å²) in [7, 11) is -3.79. The van der Waals surface area contributed by atoms with E-state index in [0.29, 0.717) is 49.4 Å². The van der Waals surface area contributed by atoms with Crippen LogP contribution in [-0.4, -0.2) is 56.5 Å². The van der Waals surface area contributed by atoms with E-state index in [1.54, 1.807) is 26.0 Å². The summed E-state index contributed by atoms with van der Waals surface area (Å²) in [6, 6.07) is 11.2. The number of rotatable bonds is 10. The number of amides is 1. The molecule has 0 bridgehead atoms. The van der Waals surface area contributed by atoms with E-state index in [-0.39, 0.29) is 23.7 Å². The van der Waals surface area contributed by atoms with E-state index in [2.05, 4.69) is 9.71 Å². The fourth-order valence-electron chi connectivity index (χ4n) is 4.17. The number of benzene rings is 1. The molecule has 0 radical (unpaired) electrons. The standard InChI is InChI=1S/C27H33N3O6S/c1-4-36-27(33)23-18-24(20(3)31)25(28-19(23)2)30-15-13-22(14-16-30)26(32)29-37(34,35)17-9-8-12-21-10-6-5-7-11-21/h5-11,18,22H,4,12-17H2,1-3H3,(H,29,32). The summed E-state index contributed by atoms with van der Waals surface area (Å²) < 4.78 is 32.0. The first kappa shape index (κ1) is 28.0. The molecule has 1 aromatic carbocycles. The van der Waals surface area contributed by atoms with Crippen LogP contribution in [0.25, 0.3) is 0 Å². The van der Waals surface area contributed by atoms with Crippen LogP contribution in [0.2, 0.25) is 0 Å². The lowest BCUT2D eigenvalue weighted by Crippen LogP contribution is -2.43. The molecule has 198 valence electrons. The maximum atomic E-state index is 12.7. The van der Waals surface area contributed by atoms with E-state index < -0.39 is 27.8 Å². The maximum absolute atomic E-state index is 12.7. The molecule has 0 aliphatic carbocycles. The summed E-state index contributed by atoms with van der Waals surface area (Å²) in [4.78, 5) is 43.6. The molecule has 1 aliphatic rings. The van der Waals surface area contributed by atoms with Gasteiger partial charge in [0.2, 0.25) is 15.9 Å². The van der Waals surface area contributed by atoms with E-state index in [1.165, 1.54) is 13.0 Å². The quantitative estimate of drug-likeness (QED) is 0.284. The Kier molecular flexibility index (Phi) is 9.57. The lowest BCUT2D eigenvalue weighted by atomic mass is 9.95. The predicted molar refractivity (Wildman–Crippen MR) is 141 cm³/mol. The van der Waals surface area contributed by atoms with Crippen molar-refractivity contribution in [3.8, 4) is 0 Å². The second-order valence-electron chi connectivity index (χ2n) is 8.94. The number of Topliss-reactive ketones (excluding diaryl/α,β-unsaturated/α-hetero) is 1. The average Bonchev–Trinajstić information content (AvgIpc) is 2.87. The Morgan fingerprint density at radius 3 is 2.41 bits per heavy atom. The van der Waals surface area contributed by atoms with Gasteiger partial charge in [-0.2, -0.15) is 0 Å². The zero-order chi connectivity index (χ0) is 27.0. The highest BCUT2D eigenvalue weighted by Gasteiger charge is 2.30. The number of allylic oxidation sites excluding steroid dienone is 1. The number of hydrogen-bond acceptors (Lipinski definition) is 8. The minimum absolute atomic E-state index is 0.213. The van der Waals surface area contributed by atoms with Gasteiger partial charge in [0.25, 0.3) is 0 Å². The van der Waals surface area contributed by atoms with Crippen molar-refractivity contribution in [1.29, 1.82) is 0 Å². The van der Waals surface area contributed by atoms with E-state index in [9.17, 15) is 22.8 Å². The predicted octanol–water partition coefficient (Wildman–Crippen LogP) is 3.23. The molecule has 10 heteroatoms. The molecule has 2 heterocycles. The first-order chi connectivity index (χ1) is 17.6. The van der Waals surface area contributed by atoms with Gasteiger partial charge in [0.1, 0.15) is 5.82 Å². The Balaban J connectivity index is 1.59. The van der Waals surface area contributed by atoms with E-state index in [4.69, 9.17) is 4.74 Å². The van der Waals surface area contributed by atoms with Crippen LogP contribution in [0, 0.1) is 12.8 Å². The molecule has 1 N–H and O–H groups in total. The third-order valence-corrected chi connectivity index (χ3v) is 7.31. The first-order valence-corrected chi connectivity index (χ1v) is 13.9. The maximum Gasteiger partial charge on any atom is 0.339 e. The van der Waals surface area contributed by atoms with Crippen LogP contribution in [0.1, 0.15) is 58.7 Å². The third kappa shape index (κ3) is 7.72. The summed E-state index contributed by atoms with van der Waals surface area (Å²) in [6.45, 7) is 5.84. The van der Waals surface area contributed by atoms with Gasteiger partial charge < -0.3 is 9.64 Å². The van der Waals surface area contributed by atoms with Crippen molar-refractivity contribution in [2.24, 2.45) is 5.92 Å². The largest absolute Gasteiger partial charge is 0.462 e. The number of nitrogens with zero attached hydrogens (tertiary/aromatic N) is 2. The van der Waals surface area contributed by atoms with Crippen LogP contribution < -0.4 is 9.62 Å². The third-order valence-electron chi connectivity index (χ3n) is 6.17. The Labute approximate surface area is 218 Å². The van der Waals surface area contributed by atoms with E-state index in [0.717, 1.165) is 5.56 Å². The highest BCUT2D eigenvalue weighted by atomic mass is 32.2. The molecule has 0 atom stereocenters. The molecule has 37 heavy (non-hydrogen) atoms. The van der Waals surface area contributed by atoms with E-state index in [1.807, 2.05) is 35.2 Å². The summed E-state index contributed by atoms with van der Waals surface area (Å²) in [5.74, 6) is -1.59. The van der Waals surface area contributed by atoms with Crippen molar-refractivity contribution in [3.05, 3.63) is 70.9 Å². The fourth-order valence-corrected chi connectivity index (χ4v) is 5.11. The molecular weight excluding hydrogens is 494 g/mol. The number of aryl methyl sites for hydroxylation is 1. The molecule has 1 fully saturated rings. The van der Waals surface area contributed by atoms with Gasteiger partial charge in [0, 0.05) is 19.0 Å². The molecule has 3 rings (SSSR count). The molecular formula is C27H33N3O6S. The van der Waals surface area contributed by atoms with Gasteiger partial charge in [-0.25, -0.2) is 18.2 Å². The van der Waals surface area contributed by atoms with Crippen molar-refractivity contribution in [2.75, 3.05) is 30.3 Å². The zero-order valence-corrected chi connectivity index (χ0v) is 22.2. The number of nitrogens with one attached hydrogen (secondary N) is 1. The summed E-state index contributed by atoms with van der Waals surface area (Å²) in [6.07, 6.45) is 4.74. The van der Waals surface area contributed by atoms with Crippen LogP contribution in [0.4, 0.5) is 5.82 Å². The monoisotopic (exact) mass is 527 g/mol. The summed E-state index contributed by atoms with van der Waals surface area (Å²) in [5, 5.41) is 0. The number of piperidine rings is 1.